The highest BCUT2D eigenvalue weighted by Crippen LogP contribution is 2.27. The monoisotopic (exact) mass is 343 g/mol. The van der Waals surface area contributed by atoms with Crippen LogP contribution in [0.3, 0.4) is 0 Å². The normalized spacial score (nSPS) is 12.4. The number of rotatable bonds is 3. The van der Waals surface area contributed by atoms with Crippen molar-refractivity contribution < 1.29 is 0 Å². The summed E-state index contributed by atoms with van der Waals surface area (Å²) in [5.74, 6) is 0. The molecule has 0 aromatic heterocycles. The summed E-state index contributed by atoms with van der Waals surface area (Å²) in [7, 11) is 0. The van der Waals surface area contributed by atoms with Crippen molar-refractivity contribution in [1.82, 2.24) is 0 Å². The predicted octanol–water partition coefficient (Wildman–Crippen LogP) is 5.00. The van der Waals surface area contributed by atoms with Crippen molar-refractivity contribution in [1.29, 1.82) is 0 Å². The highest BCUT2D eigenvalue weighted by Gasteiger charge is 2.10. The molecule has 1 atom stereocenters. The molecule has 2 rings (SSSR count). The second kappa shape index (κ2) is 6.07. The van der Waals surface area contributed by atoms with Crippen LogP contribution in [-0.2, 0) is 6.42 Å². The zero-order valence-corrected chi connectivity index (χ0v) is 12.6. The van der Waals surface area contributed by atoms with Gasteiger partial charge in [-0.15, -0.1) is 0 Å². The van der Waals surface area contributed by atoms with E-state index in [2.05, 4.69) is 22.0 Å². The van der Waals surface area contributed by atoms with Crippen molar-refractivity contribution in [2.24, 2.45) is 5.73 Å². The van der Waals surface area contributed by atoms with Crippen LogP contribution in [0.2, 0.25) is 10.0 Å². The average molecular weight is 345 g/mol. The molecule has 94 valence electrons. The molecule has 0 aliphatic rings. The van der Waals surface area contributed by atoms with E-state index in [1.165, 1.54) is 5.56 Å². The summed E-state index contributed by atoms with van der Waals surface area (Å²) in [4.78, 5) is 0. The molecule has 0 heterocycles. The zero-order chi connectivity index (χ0) is 13.1. The maximum atomic E-state index is 6.19. The van der Waals surface area contributed by atoms with Gasteiger partial charge in [-0.05, 0) is 35.7 Å². The summed E-state index contributed by atoms with van der Waals surface area (Å²) < 4.78 is 1.07. The van der Waals surface area contributed by atoms with Gasteiger partial charge in [0.2, 0.25) is 0 Å². The molecule has 0 saturated carbocycles. The first-order valence-electron chi connectivity index (χ1n) is 5.52. The summed E-state index contributed by atoms with van der Waals surface area (Å²) in [6.07, 6.45) is 0.749. The molecule has 4 heteroatoms. The van der Waals surface area contributed by atoms with Crippen molar-refractivity contribution >= 4 is 39.1 Å². The van der Waals surface area contributed by atoms with E-state index in [0.717, 1.165) is 16.5 Å². The van der Waals surface area contributed by atoms with Crippen LogP contribution >= 0.6 is 39.1 Å². The molecule has 0 amide bonds. The quantitative estimate of drug-likeness (QED) is 0.833. The van der Waals surface area contributed by atoms with Gasteiger partial charge in [0.15, 0.2) is 0 Å². The van der Waals surface area contributed by atoms with E-state index < -0.39 is 0 Å². The minimum absolute atomic E-state index is 0.0986. The SMILES string of the molecule is NC(Cc1ccccc1Br)c1ccc(Cl)c(Cl)c1. The van der Waals surface area contributed by atoms with Crippen LogP contribution in [0.1, 0.15) is 17.2 Å². The number of hydrogen-bond donors (Lipinski definition) is 1. The average Bonchev–Trinajstić information content (AvgIpc) is 2.35. The zero-order valence-electron chi connectivity index (χ0n) is 9.54. The van der Waals surface area contributed by atoms with Crippen LogP contribution in [0, 0.1) is 0 Å². The van der Waals surface area contributed by atoms with Crippen molar-refractivity contribution in [3.05, 3.63) is 68.1 Å². The Morgan fingerprint density at radius 3 is 2.44 bits per heavy atom. The third-order valence-corrected chi connectivity index (χ3v) is 4.28. The summed E-state index contributed by atoms with van der Waals surface area (Å²) >= 11 is 15.4. The lowest BCUT2D eigenvalue weighted by molar-refractivity contribution is 0.720. The number of benzene rings is 2. The van der Waals surface area contributed by atoms with Crippen LogP contribution in [-0.4, -0.2) is 0 Å². The Morgan fingerprint density at radius 1 is 1.06 bits per heavy atom. The Morgan fingerprint density at radius 2 is 1.78 bits per heavy atom. The van der Waals surface area contributed by atoms with Crippen LogP contribution in [0.4, 0.5) is 0 Å². The smallest absolute Gasteiger partial charge is 0.0595 e. The van der Waals surface area contributed by atoms with E-state index >= 15 is 0 Å². The first-order chi connectivity index (χ1) is 8.58. The van der Waals surface area contributed by atoms with E-state index in [1.54, 1.807) is 6.07 Å². The minimum Gasteiger partial charge on any atom is -0.324 e. The molecule has 1 nitrogen and oxygen atoms in total. The van der Waals surface area contributed by atoms with Crippen LogP contribution in [0.5, 0.6) is 0 Å². The molecule has 2 aromatic rings. The standard InChI is InChI=1S/C14H12BrCl2N/c15-11-4-2-1-3-9(11)8-14(18)10-5-6-12(16)13(17)7-10/h1-7,14H,8,18H2. The van der Waals surface area contributed by atoms with Gasteiger partial charge in [-0.1, -0.05) is 63.4 Å². The number of halogens is 3. The molecule has 0 saturated heterocycles. The first-order valence-corrected chi connectivity index (χ1v) is 7.07. The Balaban J connectivity index is 2.19. The van der Waals surface area contributed by atoms with E-state index in [1.807, 2.05) is 30.3 Å². The van der Waals surface area contributed by atoms with E-state index in [4.69, 9.17) is 28.9 Å². The van der Waals surface area contributed by atoms with Gasteiger partial charge in [-0.25, -0.2) is 0 Å². The van der Waals surface area contributed by atoms with Gasteiger partial charge < -0.3 is 5.73 Å². The van der Waals surface area contributed by atoms with Gasteiger partial charge in [-0.2, -0.15) is 0 Å². The molecule has 0 fully saturated rings. The molecule has 0 bridgehead atoms. The molecule has 0 aliphatic carbocycles. The predicted molar refractivity (Wildman–Crippen MR) is 81.2 cm³/mol. The van der Waals surface area contributed by atoms with Crippen LogP contribution in [0.25, 0.3) is 0 Å². The Labute approximate surface area is 125 Å². The highest BCUT2D eigenvalue weighted by atomic mass is 79.9. The Hall–Kier alpha value is -0.540. The summed E-state index contributed by atoms with van der Waals surface area (Å²) in [6.45, 7) is 0. The van der Waals surface area contributed by atoms with Gasteiger partial charge in [0.25, 0.3) is 0 Å². The van der Waals surface area contributed by atoms with Crippen LogP contribution in [0.15, 0.2) is 46.9 Å². The maximum Gasteiger partial charge on any atom is 0.0595 e. The van der Waals surface area contributed by atoms with Crippen molar-refractivity contribution in [3.8, 4) is 0 Å². The van der Waals surface area contributed by atoms with E-state index in [0.29, 0.717) is 10.0 Å². The van der Waals surface area contributed by atoms with Gasteiger partial charge in [0, 0.05) is 10.5 Å². The fourth-order valence-electron chi connectivity index (χ4n) is 1.76. The summed E-state index contributed by atoms with van der Waals surface area (Å²) in [5, 5.41) is 1.09. The molecule has 1 unspecified atom stereocenters. The van der Waals surface area contributed by atoms with Crippen molar-refractivity contribution in [3.63, 3.8) is 0 Å². The van der Waals surface area contributed by atoms with Gasteiger partial charge >= 0.3 is 0 Å². The fraction of sp³-hybridized carbons (Fsp3) is 0.143. The lowest BCUT2D eigenvalue weighted by Crippen LogP contribution is -2.13. The first kappa shape index (κ1) is 13.9. The minimum atomic E-state index is -0.0986. The largest absolute Gasteiger partial charge is 0.324 e. The summed E-state index contributed by atoms with van der Waals surface area (Å²) in [5.41, 5.74) is 8.36. The molecule has 18 heavy (non-hydrogen) atoms. The maximum absolute atomic E-state index is 6.19. The molecule has 2 aromatic carbocycles. The van der Waals surface area contributed by atoms with E-state index in [9.17, 15) is 0 Å². The fourth-order valence-corrected chi connectivity index (χ4v) is 2.51. The molecule has 0 aliphatic heterocycles. The lowest BCUT2D eigenvalue weighted by atomic mass is 10.00. The number of hydrogen-bond acceptors (Lipinski definition) is 1. The lowest BCUT2D eigenvalue weighted by Gasteiger charge is -2.14. The molecule has 0 spiro atoms. The Bertz CT molecular complexity index is 557. The highest BCUT2D eigenvalue weighted by molar-refractivity contribution is 9.10. The second-order valence-electron chi connectivity index (χ2n) is 4.08. The number of nitrogens with two attached hydrogens (primary N) is 1. The summed E-state index contributed by atoms with van der Waals surface area (Å²) in [6, 6.07) is 13.5. The third-order valence-electron chi connectivity index (χ3n) is 2.77. The third kappa shape index (κ3) is 3.27. The van der Waals surface area contributed by atoms with Gasteiger partial charge in [0.05, 0.1) is 10.0 Å². The molecule has 2 N–H and O–H groups in total. The van der Waals surface area contributed by atoms with Crippen LogP contribution < -0.4 is 5.73 Å². The van der Waals surface area contributed by atoms with Gasteiger partial charge in [0.1, 0.15) is 0 Å². The van der Waals surface area contributed by atoms with Crippen molar-refractivity contribution in [2.75, 3.05) is 0 Å². The van der Waals surface area contributed by atoms with Crippen molar-refractivity contribution in [2.45, 2.75) is 12.5 Å². The Kier molecular flexibility index (Phi) is 4.68. The molecule has 0 radical (unpaired) electrons. The van der Waals surface area contributed by atoms with E-state index in [-0.39, 0.29) is 6.04 Å². The van der Waals surface area contributed by atoms with Gasteiger partial charge in [-0.3, -0.25) is 0 Å². The molecular weight excluding hydrogens is 333 g/mol. The second-order valence-corrected chi connectivity index (χ2v) is 5.74. The topological polar surface area (TPSA) is 26.0 Å². The molecular formula is C14H12BrCl2N.